The molecule has 0 atom stereocenters. The highest BCUT2D eigenvalue weighted by Crippen LogP contribution is 2.18. The highest BCUT2D eigenvalue weighted by Gasteiger charge is 2.19. The first-order valence-electron chi connectivity index (χ1n) is 7.13. The lowest BCUT2D eigenvalue weighted by Crippen LogP contribution is -2.37. The summed E-state index contributed by atoms with van der Waals surface area (Å²) < 4.78 is 5.40. The Morgan fingerprint density at radius 1 is 1.37 bits per heavy atom. The summed E-state index contributed by atoms with van der Waals surface area (Å²) in [6, 6.07) is 0.516. The van der Waals surface area contributed by atoms with Crippen LogP contribution in [0.5, 0.6) is 0 Å². The highest BCUT2D eigenvalue weighted by molar-refractivity contribution is 5.36. The van der Waals surface area contributed by atoms with Crippen LogP contribution in [0.15, 0.2) is 12.4 Å². The third kappa shape index (κ3) is 4.14. The lowest BCUT2D eigenvalue weighted by Gasteiger charge is -2.31. The van der Waals surface area contributed by atoms with Gasteiger partial charge in [-0.2, -0.15) is 0 Å². The van der Waals surface area contributed by atoms with Crippen LogP contribution in [-0.2, 0) is 11.3 Å². The molecule has 1 N–H and O–H groups in total. The van der Waals surface area contributed by atoms with Crippen molar-refractivity contribution in [2.45, 2.75) is 38.8 Å². The molecule has 0 bridgehead atoms. The maximum Gasteiger partial charge on any atom is 0.147 e. The van der Waals surface area contributed by atoms with Gasteiger partial charge >= 0.3 is 0 Å². The smallest absolute Gasteiger partial charge is 0.147 e. The number of ether oxygens (including phenoxy) is 1. The number of nitrogens with one attached hydrogen (secondary N) is 1. The van der Waals surface area contributed by atoms with E-state index in [-0.39, 0.29) is 0 Å². The average Bonchev–Trinajstić information content (AvgIpc) is 2.48. The van der Waals surface area contributed by atoms with E-state index in [4.69, 9.17) is 4.74 Å². The van der Waals surface area contributed by atoms with Crippen molar-refractivity contribution in [3.63, 3.8) is 0 Å². The Bertz CT molecular complexity index is 379. The van der Waals surface area contributed by atoms with Gasteiger partial charge in [-0.15, -0.1) is 0 Å². The summed E-state index contributed by atoms with van der Waals surface area (Å²) in [5.74, 6) is 0.961. The monoisotopic (exact) mass is 264 g/mol. The first-order valence-corrected chi connectivity index (χ1v) is 7.13. The zero-order valence-electron chi connectivity index (χ0n) is 11.9. The van der Waals surface area contributed by atoms with Crippen molar-refractivity contribution in [2.24, 2.45) is 0 Å². The van der Waals surface area contributed by atoms with Gasteiger partial charge in [0, 0.05) is 39.0 Å². The van der Waals surface area contributed by atoms with Crippen LogP contribution in [0.4, 0.5) is 5.82 Å². The number of aromatic nitrogens is 2. The van der Waals surface area contributed by atoms with Crippen LogP contribution in [0.25, 0.3) is 0 Å². The van der Waals surface area contributed by atoms with E-state index in [1.54, 1.807) is 0 Å². The molecule has 0 saturated carbocycles. The van der Waals surface area contributed by atoms with E-state index in [2.05, 4.69) is 34.2 Å². The second-order valence-electron chi connectivity index (χ2n) is 5.00. The summed E-state index contributed by atoms with van der Waals surface area (Å²) in [6.45, 7) is 5.66. The van der Waals surface area contributed by atoms with Crippen LogP contribution in [-0.4, -0.2) is 42.8 Å². The number of anilines is 1. The van der Waals surface area contributed by atoms with Gasteiger partial charge in [-0.1, -0.05) is 6.92 Å². The summed E-state index contributed by atoms with van der Waals surface area (Å²) in [4.78, 5) is 11.2. The van der Waals surface area contributed by atoms with E-state index >= 15 is 0 Å². The normalized spacial score (nSPS) is 16.5. The molecule has 1 saturated heterocycles. The molecule has 5 heteroatoms. The van der Waals surface area contributed by atoms with Gasteiger partial charge in [-0.05, 0) is 25.8 Å². The Morgan fingerprint density at radius 3 is 2.89 bits per heavy atom. The Morgan fingerprint density at radius 2 is 2.16 bits per heavy atom. The Balaban J connectivity index is 1.96. The second kappa shape index (κ2) is 7.40. The van der Waals surface area contributed by atoms with Crippen LogP contribution < -0.4 is 10.2 Å². The average molecular weight is 264 g/mol. The van der Waals surface area contributed by atoms with Gasteiger partial charge in [0.25, 0.3) is 0 Å². The molecule has 2 rings (SSSR count). The van der Waals surface area contributed by atoms with Crippen molar-refractivity contribution in [2.75, 3.05) is 31.7 Å². The van der Waals surface area contributed by atoms with Gasteiger partial charge in [0.15, 0.2) is 0 Å². The number of rotatable bonds is 6. The molecule has 0 unspecified atom stereocenters. The molecule has 1 aliphatic rings. The quantitative estimate of drug-likeness (QED) is 0.791. The van der Waals surface area contributed by atoms with E-state index in [0.29, 0.717) is 6.04 Å². The molecular weight excluding hydrogens is 240 g/mol. The zero-order chi connectivity index (χ0) is 13.5. The second-order valence-corrected chi connectivity index (χ2v) is 5.00. The fourth-order valence-corrected chi connectivity index (χ4v) is 2.30. The van der Waals surface area contributed by atoms with Crippen molar-refractivity contribution in [1.29, 1.82) is 0 Å². The van der Waals surface area contributed by atoms with Crippen LogP contribution in [0.1, 0.15) is 31.9 Å². The molecule has 1 aliphatic heterocycles. The minimum absolute atomic E-state index is 0.516. The van der Waals surface area contributed by atoms with E-state index < -0.39 is 0 Å². The fraction of sp³-hybridized carbons (Fsp3) is 0.714. The molecule has 0 aromatic carbocycles. The maximum absolute atomic E-state index is 5.40. The van der Waals surface area contributed by atoms with E-state index in [1.165, 1.54) is 0 Å². The van der Waals surface area contributed by atoms with Crippen LogP contribution in [0.3, 0.4) is 0 Å². The molecule has 1 fully saturated rings. The van der Waals surface area contributed by atoms with Gasteiger partial charge < -0.3 is 15.0 Å². The maximum atomic E-state index is 5.40. The molecule has 0 radical (unpaired) electrons. The van der Waals surface area contributed by atoms with Crippen LogP contribution in [0.2, 0.25) is 0 Å². The van der Waals surface area contributed by atoms with Gasteiger partial charge in [0.1, 0.15) is 5.82 Å². The molecule has 0 spiro atoms. The summed E-state index contributed by atoms with van der Waals surface area (Å²) >= 11 is 0. The van der Waals surface area contributed by atoms with E-state index in [1.807, 2.05) is 12.4 Å². The molecule has 5 nitrogen and oxygen atoms in total. The number of hydrogen-bond acceptors (Lipinski definition) is 5. The first-order chi connectivity index (χ1) is 9.31. The van der Waals surface area contributed by atoms with Gasteiger partial charge in [0.05, 0.1) is 11.9 Å². The lowest BCUT2D eigenvalue weighted by molar-refractivity contribution is 0.0853. The van der Waals surface area contributed by atoms with Gasteiger partial charge in [0.2, 0.25) is 0 Å². The molecule has 0 amide bonds. The van der Waals surface area contributed by atoms with Gasteiger partial charge in [-0.25, -0.2) is 4.98 Å². The fourth-order valence-electron chi connectivity index (χ4n) is 2.30. The van der Waals surface area contributed by atoms with Crippen LogP contribution in [0, 0.1) is 0 Å². The summed E-state index contributed by atoms with van der Waals surface area (Å²) in [6.07, 6.45) is 6.95. The Kier molecular flexibility index (Phi) is 5.54. The third-order valence-corrected chi connectivity index (χ3v) is 3.50. The SMILES string of the molecule is CCCNCc1cncc(N(C)C2CCOCC2)n1. The molecule has 106 valence electrons. The largest absolute Gasteiger partial charge is 0.381 e. The van der Waals surface area contributed by atoms with E-state index in [0.717, 1.165) is 57.1 Å². The molecule has 1 aromatic heterocycles. The summed E-state index contributed by atoms with van der Waals surface area (Å²) in [7, 11) is 2.10. The van der Waals surface area contributed by atoms with Crippen molar-refractivity contribution in [3.8, 4) is 0 Å². The number of nitrogens with zero attached hydrogens (tertiary/aromatic N) is 3. The summed E-state index contributed by atoms with van der Waals surface area (Å²) in [5, 5.41) is 3.36. The predicted molar refractivity (Wildman–Crippen MR) is 76.3 cm³/mol. The molecular formula is C14H24N4O. The van der Waals surface area contributed by atoms with Crippen molar-refractivity contribution in [3.05, 3.63) is 18.1 Å². The van der Waals surface area contributed by atoms with E-state index in [9.17, 15) is 0 Å². The Labute approximate surface area is 115 Å². The predicted octanol–water partition coefficient (Wildman–Crippen LogP) is 1.59. The number of hydrogen-bond donors (Lipinski definition) is 1. The highest BCUT2D eigenvalue weighted by atomic mass is 16.5. The summed E-state index contributed by atoms with van der Waals surface area (Å²) in [5.41, 5.74) is 1.00. The van der Waals surface area contributed by atoms with Crippen molar-refractivity contribution >= 4 is 5.82 Å². The molecule has 2 heterocycles. The third-order valence-electron chi connectivity index (χ3n) is 3.50. The minimum Gasteiger partial charge on any atom is -0.381 e. The molecule has 1 aromatic rings. The Hall–Kier alpha value is -1.20. The van der Waals surface area contributed by atoms with Crippen molar-refractivity contribution < 1.29 is 4.74 Å². The molecule has 19 heavy (non-hydrogen) atoms. The van der Waals surface area contributed by atoms with Crippen LogP contribution >= 0.6 is 0 Å². The van der Waals surface area contributed by atoms with Gasteiger partial charge in [-0.3, -0.25) is 4.98 Å². The first kappa shape index (κ1) is 14.2. The zero-order valence-corrected chi connectivity index (χ0v) is 11.9. The standard InChI is InChI=1S/C14H24N4O/c1-3-6-15-9-12-10-16-11-14(17-12)18(2)13-4-7-19-8-5-13/h10-11,13,15H,3-9H2,1-2H3. The lowest BCUT2D eigenvalue weighted by atomic mass is 10.1. The van der Waals surface area contributed by atoms with Crippen molar-refractivity contribution in [1.82, 2.24) is 15.3 Å². The molecule has 0 aliphatic carbocycles. The minimum atomic E-state index is 0.516. The topological polar surface area (TPSA) is 50.3 Å².